The third-order valence-electron chi connectivity index (χ3n) is 3.54. The topological polar surface area (TPSA) is 82.2 Å². The van der Waals surface area contributed by atoms with Crippen molar-refractivity contribution in [1.29, 1.82) is 0 Å². The van der Waals surface area contributed by atoms with Crippen LogP contribution in [-0.4, -0.2) is 20.5 Å². The van der Waals surface area contributed by atoms with Crippen LogP contribution < -0.4 is 5.48 Å². The SMILES string of the molecule is Cn1cnc2cc(C(=O)ONc3nc4ccc(Cl)cc4o3)ccc21. The molecule has 0 aliphatic rings. The van der Waals surface area contributed by atoms with E-state index in [1.165, 1.54) is 0 Å². The molecule has 7 nitrogen and oxygen atoms in total. The van der Waals surface area contributed by atoms with Crippen molar-refractivity contribution >= 4 is 45.7 Å². The average molecular weight is 343 g/mol. The van der Waals surface area contributed by atoms with Crippen LogP contribution in [0.5, 0.6) is 0 Å². The van der Waals surface area contributed by atoms with E-state index in [1.54, 1.807) is 42.7 Å². The van der Waals surface area contributed by atoms with E-state index in [1.807, 2.05) is 11.6 Å². The van der Waals surface area contributed by atoms with Crippen molar-refractivity contribution in [2.45, 2.75) is 0 Å². The second kappa shape index (κ2) is 5.54. The molecule has 4 rings (SSSR count). The van der Waals surface area contributed by atoms with Crippen LogP contribution in [0.4, 0.5) is 6.01 Å². The smallest absolute Gasteiger partial charge is 0.363 e. The number of oxazole rings is 1. The molecule has 24 heavy (non-hydrogen) atoms. The largest absolute Gasteiger partial charge is 0.421 e. The van der Waals surface area contributed by atoms with Crippen LogP contribution >= 0.6 is 11.6 Å². The maximum absolute atomic E-state index is 12.1. The Morgan fingerprint density at radius 1 is 1.25 bits per heavy atom. The van der Waals surface area contributed by atoms with Crippen molar-refractivity contribution in [3.05, 3.63) is 53.3 Å². The van der Waals surface area contributed by atoms with E-state index in [-0.39, 0.29) is 6.01 Å². The molecule has 4 aromatic rings. The summed E-state index contributed by atoms with van der Waals surface area (Å²) < 4.78 is 7.28. The van der Waals surface area contributed by atoms with E-state index in [2.05, 4.69) is 15.4 Å². The molecule has 0 saturated carbocycles. The van der Waals surface area contributed by atoms with Crippen molar-refractivity contribution in [2.75, 3.05) is 5.48 Å². The molecule has 2 aromatic carbocycles. The predicted octanol–water partition coefficient (Wildman–Crippen LogP) is 3.55. The number of fused-ring (bicyclic) bond motifs is 2. The van der Waals surface area contributed by atoms with Crippen molar-refractivity contribution in [1.82, 2.24) is 14.5 Å². The molecule has 0 amide bonds. The second-order valence-electron chi connectivity index (χ2n) is 5.18. The summed E-state index contributed by atoms with van der Waals surface area (Å²) in [6.45, 7) is 0. The number of hydrogen-bond donors (Lipinski definition) is 1. The summed E-state index contributed by atoms with van der Waals surface area (Å²) in [7, 11) is 1.88. The zero-order valence-corrected chi connectivity index (χ0v) is 13.2. The van der Waals surface area contributed by atoms with Gasteiger partial charge in [-0.25, -0.2) is 9.78 Å². The number of anilines is 1. The van der Waals surface area contributed by atoms with Crippen molar-refractivity contribution in [2.24, 2.45) is 7.05 Å². The first-order valence-electron chi connectivity index (χ1n) is 7.04. The summed E-state index contributed by atoms with van der Waals surface area (Å²) in [6, 6.07) is 10.2. The number of nitrogens with one attached hydrogen (secondary N) is 1. The third kappa shape index (κ3) is 2.55. The minimum atomic E-state index is -0.567. The van der Waals surface area contributed by atoms with Gasteiger partial charge in [0.15, 0.2) is 5.58 Å². The fraction of sp³-hybridized carbons (Fsp3) is 0.0625. The first-order valence-corrected chi connectivity index (χ1v) is 7.42. The Kier molecular flexibility index (Phi) is 3.35. The molecule has 2 aromatic heterocycles. The number of imidazole rings is 1. The van der Waals surface area contributed by atoms with Gasteiger partial charge in [-0.3, -0.25) is 0 Å². The Morgan fingerprint density at radius 2 is 2.12 bits per heavy atom. The fourth-order valence-corrected chi connectivity index (χ4v) is 2.52. The monoisotopic (exact) mass is 342 g/mol. The number of aryl methyl sites for hydroxylation is 1. The number of carbonyl (C=O) groups is 1. The quantitative estimate of drug-likeness (QED) is 0.573. The van der Waals surface area contributed by atoms with Gasteiger partial charge in [0, 0.05) is 18.1 Å². The first kappa shape index (κ1) is 14.5. The highest BCUT2D eigenvalue weighted by molar-refractivity contribution is 6.31. The fourth-order valence-electron chi connectivity index (χ4n) is 2.35. The van der Waals surface area contributed by atoms with Gasteiger partial charge >= 0.3 is 12.0 Å². The van der Waals surface area contributed by atoms with Crippen molar-refractivity contribution in [3.8, 4) is 0 Å². The van der Waals surface area contributed by atoms with Crippen molar-refractivity contribution in [3.63, 3.8) is 0 Å². The Balaban J connectivity index is 1.51. The van der Waals surface area contributed by atoms with Gasteiger partial charge in [-0.2, -0.15) is 10.5 Å². The molecule has 0 aliphatic heterocycles. The standard InChI is InChI=1S/C16H11ClN4O3/c1-21-8-18-12-6-9(2-5-13(12)21)15(22)24-20-16-19-11-4-3-10(17)7-14(11)23-16/h2-8H,1H3,(H,19,20). The van der Waals surface area contributed by atoms with Gasteiger partial charge in [0.05, 0.1) is 22.9 Å². The number of carbonyl (C=O) groups excluding carboxylic acids is 1. The van der Waals surface area contributed by atoms with E-state index < -0.39 is 5.97 Å². The van der Waals surface area contributed by atoms with Gasteiger partial charge in [-0.1, -0.05) is 11.6 Å². The van der Waals surface area contributed by atoms with Gasteiger partial charge in [-0.05, 0) is 30.3 Å². The number of benzene rings is 2. The lowest BCUT2D eigenvalue weighted by Crippen LogP contribution is -2.10. The van der Waals surface area contributed by atoms with Gasteiger partial charge in [-0.15, -0.1) is 0 Å². The van der Waals surface area contributed by atoms with E-state index in [0.717, 1.165) is 5.52 Å². The van der Waals surface area contributed by atoms with Crippen LogP contribution in [0.25, 0.3) is 22.1 Å². The zero-order valence-electron chi connectivity index (χ0n) is 12.5. The van der Waals surface area contributed by atoms with Crippen LogP contribution in [0.3, 0.4) is 0 Å². The van der Waals surface area contributed by atoms with Crippen LogP contribution in [0, 0.1) is 0 Å². The van der Waals surface area contributed by atoms with Crippen molar-refractivity contribution < 1.29 is 14.0 Å². The molecule has 2 heterocycles. The molecule has 0 fully saturated rings. The summed E-state index contributed by atoms with van der Waals surface area (Å²) in [5.74, 6) is -0.567. The Labute approximate surface area is 140 Å². The minimum Gasteiger partial charge on any atom is -0.421 e. The van der Waals surface area contributed by atoms with E-state index in [9.17, 15) is 4.79 Å². The van der Waals surface area contributed by atoms with Crippen LogP contribution in [0.1, 0.15) is 10.4 Å². The molecular formula is C16H11ClN4O3. The number of hydrogen-bond acceptors (Lipinski definition) is 6. The Bertz CT molecular complexity index is 1070. The maximum atomic E-state index is 12.1. The summed E-state index contributed by atoms with van der Waals surface area (Å²) in [5, 5.41) is 0.533. The number of aromatic nitrogens is 3. The third-order valence-corrected chi connectivity index (χ3v) is 3.78. The predicted molar refractivity (Wildman–Crippen MR) is 88.8 cm³/mol. The molecule has 0 aliphatic carbocycles. The second-order valence-corrected chi connectivity index (χ2v) is 5.62. The Morgan fingerprint density at radius 3 is 3.00 bits per heavy atom. The molecule has 0 unspecified atom stereocenters. The lowest BCUT2D eigenvalue weighted by Gasteiger charge is -2.03. The number of nitrogens with zero attached hydrogens (tertiary/aromatic N) is 3. The number of rotatable bonds is 3. The van der Waals surface area contributed by atoms with Crippen LogP contribution in [0.15, 0.2) is 47.1 Å². The van der Waals surface area contributed by atoms with Gasteiger partial charge in [0.1, 0.15) is 5.52 Å². The highest BCUT2D eigenvalue weighted by Crippen LogP contribution is 2.22. The lowest BCUT2D eigenvalue weighted by atomic mass is 10.2. The van der Waals surface area contributed by atoms with Crippen LogP contribution in [0.2, 0.25) is 5.02 Å². The lowest BCUT2D eigenvalue weighted by molar-refractivity contribution is 0.0586. The van der Waals surface area contributed by atoms with E-state index in [0.29, 0.717) is 27.2 Å². The molecule has 1 N–H and O–H groups in total. The summed E-state index contributed by atoms with van der Waals surface area (Å²) in [5.41, 5.74) is 5.52. The summed E-state index contributed by atoms with van der Waals surface area (Å²) in [4.78, 5) is 25.5. The Hall–Kier alpha value is -3.06. The molecule has 8 heteroatoms. The molecule has 120 valence electrons. The van der Waals surface area contributed by atoms with E-state index >= 15 is 0 Å². The van der Waals surface area contributed by atoms with Gasteiger partial charge in [0.2, 0.25) is 0 Å². The molecular weight excluding hydrogens is 332 g/mol. The summed E-state index contributed by atoms with van der Waals surface area (Å²) >= 11 is 5.88. The van der Waals surface area contributed by atoms with Gasteiger partial charge < -0.3 is 13.8 Å². The summed E-state index contributed by atoms with van der Waals surface area (Å²) in [6.07, 6.45) is 1.68. The highest BCUT2D eigenvalue weighted by Gasteiger charge is 2.12. The van der Waals surface area contributed by atoms with Crippen LogP contribution in [-0.2, 0) is 11.9 Å². The molecule has 0 saturated heterocycles. The molecule has 0 spiro atoms. The normalized spacial score (nSPS) is 11.1. The minimum absolute atomic E-state index is 0.0690. The van der Waals surface area contributed by atoms with Gasteiger partial charge in [0.25, 0.3) is 0 Å². The first-order chi connectivity index (χ1) is 11.6. The highest BCUT2D eigenvalue weighted by atomic mass is 35.5. The molecule has 0 radical (unpaired) electrons. The molecule has 0 atom stereocenters. The molecule has 0 bridgehead atoms. The average Bonchev–Trinajstić information content (AvgIpc) is 3.15. The number of halogens is 1. The maximum Gasteiger partial charge on any atom is 0.363 e. The van der Waals surface area contributed by atoms with E-state index in [4.69, 9.17) is 20.9 Å². The zero-order chi connectivity index (χ0) is 16.7.